The van der Waals surface area contributed by atoms with Crippen LogP contribution in [0.2, 0.25) is 0 Å². The first-order valence-corrected chi connectivity index (χ1v) is 7.14. The van der Waals surface area contributed by atoms with Crippen molar-refractivity contribution in [3.63, 3.8) is 0 Å². The molecule has 1 unspecified atom stereocenters. The molecule has 1 fully saturated rings. The molecule has 1 aliphatic heterocycles. The molecule has 1 atom stereocenters. The number of anilines is 1. The summed E-state index contributed by atoms with van der Waals surface area (Å²) in [5, 5.41) is 21.4. The smallest absolute Gasteiger partial charge is 0.172 e. The fraction of sp³-hybridized carbons (Fsp3) is 0.533. The summed E-state index contributed by atoms with van der Waals surface area (Å²) in [6.45, 7) is 3.17. The van der Waals surface area contributed by atoms with Crippen molar-refractivity contribution in [3.8, 4) is 0 Å². The summed E-state index contributed by atoms with van der Waals surface area (Å²) < 4.78 is 0. The molecule has 0 amide bonds. The van der Waals surface area contributed by atoms with Crippen LogP contribution in [-0.2, 0) is 0 Å². The maximum absolute atomic E-state index is 9.26. The number of nitrogens with two attached hydrogens (primary N) is 1. The molecule has 4 N–H and O–H groups in total. The van der Waals surface area contributed by atoms with Crippen LogP contribution in [0.25, 0.3) is 0 Å². The Balaban J connectivity index is 2.43. The van der Waals surface area contributed by atoms with E-state index in [0.717, 1.165) is 42.6 Å². The highest BCUT2D eigenvalue weighted by atomic mass is 16.4. The van der Waals surface area contributed by atoms with Gasteiger partial charge in [-0.1, -0.05) is 17.3 Å². The van der Waals surface area contributed by atoms with Crippen LogP contribution in [0.4, 0.5) is 5.69 Å². The highest BCUT2D eigenvalue weighted by molar-refractivity contribution is 6.02. The number of piperidine rings is 1. The van der Waals surface area contributed by atoms with E-state index in [2.05, 4.69) is 10.1 Å². The van der Waals surface area contributed by atoms with Gasteiger partial charge < -0.3 is 20.9 Å². The van der Waals surface area contributed by atoms with Gasteiger partial charge in [0.15, 0.2) is 5.84 Å². The van der Waals surface area contributed by atoms with Crippen molar-refractivity contribution in [3.05, 3.63) is 29.3 Å². The first-order valence-electron chi connectivity index (χ1n) is 7.14. The van der Waals surface area contributed by atoms with Crippen LogP contribution >= 0.6 is 0 Å². The second-order valence-electron chi connectivity index (χ2n) is 5.31. The number of hydrogen-bond acceptors (Lipinski definition) is 4. The first kappa shape index (κ1) is 14.7. The molecule has 0 spiro atoms. The maximum Gasteiger partial charge on any atom is 0.172 e. The van der Waals surface area contributed by atoms with Crippen molar-refractivity contribution in [2.45, 2.75) is 38.6 Å². The van der Waals surface area contributed by atoms with Gasteiger partial charge in [0.25, 0.3) is 0 Å². The average molecular weight is 277 g/mol. The van der Waals surface area contributed by atoms with Gasteiger partial charge in [-0.05, 0) is 44.2 Å². The van der Waals surface area contributed by atoms with E-state index in [1.165, 1.54) is 6.42 Å². The van der Waals surface area contributed by atoms with Crippen molar-refractivity contribution in [1.82, 2.24) is 0 Å². The topological polar surface area (TPSA) is 82.1 Å². The molecule has 2 rings (SSSR count). The van der Waals surface area contributed by atoms with E-state index in [-0.39, 0.29) is 12.4 Å². The summed E-state index contributed by atoms with van der Waals surface area (Å²) in [5.41, 5.74) is 8.71. The van der Waals surface area contributed by atoms with Gasteiger partial charge in [-0.25, -0.2) is 0 Å². The second kappa shape index (κ2) is 6.61. The third kappa shape index (κ3) is 2.88. The van der Waals surface area contributed by atoms with Crippen LogP contribution in [0.1, 0.15) is 36.8 Å². The molecule has 0 aromatic heterocycles. The van der Waals surface area contributed by atoms with Gasteiger partial charge >= 0.3 is 0 Å². The number of hydrogen-bond donors (Lipinski definition) is 3. The Hall–Kier alpha value is -1.75. The molecule has 1 aromatic carbocycles. The minimum Gasteiger partial charge on any atom is -0.409 e. The maximum atomic E-state index is 9.26. The minimum absolute atomic E-state index is 0.136. The average Bonchev–Trinajstić information content (AvgIpc) is 2.47. The molecule has 1 saturated heterocycles. The number of aryl methyl sites for hydroxylation is 1. The largest absolute Gasteiger partial charge is 0.409 e. The zero-order valence-corrected chi connectivity index (χ0v) is 11.9. The van der Waals surface area contributed by atoms with Crippen LogP contribution in [0, 0.1) is 6.92 Å². The van der Waals surface area contributed by atoms with Crippen LogP contribution in [0.3, 0.4) is 0 Å². The number of aliphatic hydroxyl groups excluding tert-OH is 1. The van der Waals surface area contributed by atoms with Crippen molar-refractivity contribution in [1.29, 1.82) is 0 Å². The molecule has 110 valence electrons. The SMILES string of the molecule is Cc1cccc(/C(N)=N/O)c1N1CCCCC1CCO. The molecule has 0 bridgehead atoms. The van der Waals surface area contributed by atoms with E-state index in [4.69, 9.17) is 10.9 Å². The van der Waals surface area contributed by atoms with E-state index >= 15 is 0 Å². The van der Waals surface area contributed by atoms with Crippen LogP contribution in [0.5, 0.6) is 0 Å². The van der Waals surface area contributed by atoms with Crippen LogP contribution in [-0.4, -0.2) is 35.3 Å². The Bertz CT molecular complexity index is 486. The van der Waals surface area contributed by atoms with Gasteiger partial charge in [0.2, 0.25) is 0 Å². The lowest BCUT2D eigenvalue weighted by Gasteiger charge is -2.39. The Kier molecular flexibility index (Phi) is 4.84. The van der Waals surface area contributed by atoms with E-state index in [1.807, 2.05) is 25.1 Å². The zero-order chi connectivity index (χ0) is 14.5. The second-order valence-corrected chi connectivity index (χ2v) is 5.31. The quantitative estimate of drug-likeness (QED) is 0.339. The first-order chi connectivity index (χ1) is 9.69. The normalized spacial score (nSPS) is 20.2. The zero-order valence-electron chi connectivity index (χ0n) is 11.9. The molecule has 5 nitrogen and oxygen atoms in total. The summed E-state index contributed by atoms with van der Waals surface area (Å²) in [6, 6.07) is 6.15. The van der Waals surface area contributed by atoms with Gasteiger partial charge in [-0.15, -0.1) is 0 Å². The van der Waals surface area contributed by atoms with Crippen molar-refractivity contribution in [2.75, 3.05) is 18.1 Å². The molecular weight excluding hydrogens is 254 g/mol. The van der Waals surface area contributed by atoms with E-state index in [1.54, 1.807) is 0 Å². The predicted octanol–water partition coefficient (Wildman–Crippen LogP) is 1.83. The molecular formula is C15H23N3O2. The van der Waals surface area contributed by atoms with Crippen molar-refractivity contribution >= 4 is 11.5 Å². The Morgan fingerprint density at radius 3 is 2.95 bits per heavy atom. The third-order valence-electron chi connectivity index (χ3n) is 4.00. The van der Waals surface area contributed by atoms with Gasteiger partial charge in [0.1, 0.15) is 0 Å². The van der Waals surface area contributed by atoms with Gasteiger partial charge in [-0.2, -0.15) is 0 Å². The molecule has 0 aliphatic carbocycles. The number of amidine groups is 1. The minimum atomic E-state index is 0.136. The lowest BCUT2D eigenvalue weighted by Crippen LogP contribution is -2.41. The van der Waals surface area contributed by atoms with Crippen LogP contribution < -0.4 is 10.6 Å². The van der Waals surface area contributed by atoms with E-state index in [9.17, 15) is 5.11 Å². The van der Waals surface area contributed by atoms with E-state index < -0.39 is 0 Å². The molecule has 5 heteroatoms. The molecule has 1 heterocycles. The van der Waals surface area contributed by atoms with Crippen molar-refractivity contribution in [2.24, 2.45) is 10.9 Å². The molecule has 0 radical (unpaired) electrons. The fourth-order valence-corrected chi connectivity index (χ4v) is 3.04. The van der Waals surface area contributed by atoms with E-state index in [0.29, 0.717) is 6.04 Å². The number of aliphatic hydroxyl groups is 1. The highest BCUT2D eigenvalue weighted by Crippen LogP contribution is 2.32. The fourth-order valence-electron chi connectivity index (χ4n) is 3.04. The number of rotatable bonds is 4. The Morgan fingerprint density at radius 1 is 1.45 bits per heavy atom. The van der Waals surface area contributed by atoms with Crippen molar-refractivity contribution < 1.29 is 10.3 Å². The summed E-state index contributed by atoms with van der Waals surface area (Å²) >= 11 is 0. The predicted molar refractivity (Wildman–Crippen MR) is 80.4 cm³/mol. The monoisotopic (exact) mass is 277 g/mol. The summed E-state index contributed by atoms with van der Waals surface area (Å²) in [5.74, 6) is 0.136. The standard InChI is InChI=1S/C15H23N3O2/c1-11-5-4-7-13(15(16)17-20)14(11)18-9-3-2-6-12(18)8-10-19/h4-5,7,12,19-20H,2-3,6,8-10H2,1H3,(H2,16,17). The van der Waals surface area contributed by atoms with Gasteiger partial charge in [0, 0.05) is 24.8 Å². The highest BCUT2D eigenvalue weighted by Gasteiger charge is 2.26. The van der Waals surface area contributed by atoms with Gasteiger partial charge in [-0.3, -0.25) is 0 Å². The summed E-state index contributed by atoms with van der Waals surface area (Å²) in [7, 11) is 0. The number of nitrogens with zero attached hydrogens (tertiary/aromatic N) is 2. The molecule has 1 aromatic rings. The number of benzene rings is 1. The lowest BCUT2D eigenvalue weighted by molar-refractivity contribution is 0.262. The molecule has 1 aliphatic rings. The number of oxime groups is 1. The molecule has 20 heavy (non-hydrogen) atoms. The summed E-state index contributed by atoms with van der Waals surface area (Å²) in [4.78, 5) is 2.31. The number of para-hydroxylation sites is 1. The lowest BCUT2D eigenvalue weighted by atomic mass is 9.95. The molecule has 0 saturated carbocycles. The van der Waals surface area contributed by atoms with Gasteiger partial charge in [0.05, 0.1) is 5.69 Å². The summed E-state index contributed by atoms with van der Waals surface area (Å²) in [6.07, 6.45) is 4.15. The Morgan fingerprint density at radius 2 is 2.25 bits per heavy atom. The van der Waals surface area contributed by atoms with Crippen LogP contribution in [0.15, 0.2) is 23.4 Å². The third-order valence-corrected chi connectivity index (χ3v) is 4.00. The Labute approximate surface area is 119 Å².